The molecule has 1 N–H and O–H groups in total. The normalized spacial score (nSPS) is 23.6. The Balaban J connectivity index is 2.65. The summed E-state index contributed by atoms with van der Waals surface area (Å²) in [5, 5.41) is 9.13. The molecular weight excluding hydrogens is 208 g/mol. The molecule has 0 aromatic heterocycles. The smallest absolute Gasteiger partial charge is 0.0456 e. The molecule has 0 heterocycles. The van der Waals surface area contributed by atoms with Gasteiger partial charge < -0.3 is 5.11 Å². The molecular formula is C16H30O. The van der Waals surface area contributed by atoms with E-state index >= 15 is 0 Å². The van der Waals surface area contributed by atoms with Crippen molar-refractivity contribution in [2.45, 2.75) is 66.7 Å². The summed E-state index contributed by atoms with van der Waals surface area (Å²) < 4.78 is 0. The maximum absolute atomic E-state index is 9.13. The number of hydrogen-bond acceptors (Lipinski definition) is 1. The van der Waals surface area contributed by atoms with Gasteiger partial charge in [-0.2, -0.15) is 0 Å². The average molecular weight is 238 g/mol. The first-order chi connectivity index (χ1) is 7.86. The highest BCUT2D eigenvalue weighted by Crippen LogP contribution is 2.43. The summed E-state index contributed by atoms with van der Waals surface area (Å²) in [5.74, 6) is 1.14. The first-order valence-electron chi connectivity index (χ1n) is 7.16. The van der Waals surface area contributed by atoms with Crippen LogP contribution in [0.25, 0.3) is 0 Å². The molecule has 0 radical (unpaired) electrons. The highest BCUT2D eigenvalue weighted by Gasteiger charge is 2.29. The lowest BCUT2D eigenvalue weighted by Gasteiger charge is -2.36. The Hall–Kier alpha value is -0.300. The summed E-state index contributed by atoms with van der Waals surface area (Å²) in [7, 11) is 0. The Bertz CT molecular complexity index is 275. The molecule has 0 aliphatic heterocycles. The fourth-order valence-electron chi connectivity index (χ4n) is 3.32. The quantitative estimate of drug-likeness (QED) is 0.696. The molecule has 0 fully saturated rings. The van der Waals surface area contributed by atoms with E-state index < -0.39 is 0 Å². The van der Waals surface area contributed by atoms with Crippen molar-refractivity contribution in [2.24, 2.45) is 17.3 Å². The van der Waals surface area contributed by atoms with Crippen molar-refractivity contribution in [2.75, 3.05) is 6.61 Å². The second-order valence-electron chi connectivity index (χ2n) is 6.83. The Labute approximate surface area is 107 Å². The van der Waals surface area contributed by atoms with Gasteiger partial charge in [0.2, 0.25) is 0 Å². The maximum Gasteiger partial charge on any atom is 0.0456 e. The molecule has 17 heavy (non-hydrogen) atoms. The minimum Gasteiger partial charge on any atom is -0.396 e. The van der Waals surface area contributed by atoms with Crippen LogP contribution in [0.2, 0.25) is 0 Å². The van der Waals surface area contributed by atoms with E-state index in [1.807, 2.05) is 0 Å². The van der Waals surface area contributed by atoms with Crippen LogP contribution in [0.4, 0.5) is 0 Å². The molecule has 0 spiro atoms. The lowest BCUT2D eigenvalue weighted by Crippen LogP contribution is -2.22. The standard InChI is InChI=1S/C16H30O/c1-12(9-13(2)11-17)10-15-14(3)7-6-8-16(15,4)5/h12-13,17H,6-11H2,1-5H3. The molecule has 1 heteroatoms. The van der Waals surface area contributed by atoms with Crippen LogP contribution in [0, 0.1) is 17.3 Å². The van der Waals surface area contributed by atoms with Crippen LogP contribution in [-0.4, -0.2) is 11.7 Å². The zero-order valence-electron chi connectivity index (χ0n) is 12.3. The SMILES string of the molecule is CC1=C(CC(C)CC(C)CO)C(C)(C)CCC1. The van der Waals surface area contributed by atoms with Crippen molar-refractivity contribution in [3.63, 3.8) is 0 Å². The van der Waals surface area contributed by atoms with Gasteiger partial charge in [-0.05, 0) is 56.3 Å². The van der Waals surface area contributed by atoms with Crippen LogP contribution in [-0.2, 0) is 0 Å². The molecule has 1 nitrogen and oxygen atoms in total. The third-order valence-electron chi connectivity index (χ3n) is 4.35. The van der Waals surface area contributed by atoms with Crippen molar-refractivity contribution in [1.82, 2.24) is 0 Å². The van der Waals surface area contributed by atoms with Gasteiger partial charge in [-0.1, -0.05) is 38.8 Å². The molecule has 0 aromatic rings. The van der Waals surface area contributed by atoms with Gasteiger partial charge in [-0.15, -0.1) is 0 Å². The molecule has 1 rings (SSSR count). The molecule has 100 valence electrons. The zero-order chi connectivity index (χ0) is 13.1. The van der Waals surface area contributed by atoms with Crippen molar-refractivity contribution in [1.29, 1.82) is 0 Å². The van der Waals surface area contributed by atoms with Crippen LogP contribution >= 0.6 is 0 Å². The van der Waals surface area contributed by atoms with Crippen LogP contribution in [0.3, 0.4) is 0 Å². The Kier molecular flexibility index (Phi) is 5.24. The Morgan fingerprint density at radius 1 is 1.24 bits per heavy atom. The molecule has 0 amide bonds. The van der Waals surface area contributed by atoms with Crippen molar-refractivity contribution < 1.29 is 5.11 Å². The van der Waals surface area contributed by atoms with Crippen molar-refractivity contribution in [3.05, 3.63) is 11.1 Å². The fourth-order valence-corrected chi connectivity index (χ4v) is 3.32. The predicted octanol–water partition coefficient (Wildman–Crippen LogP) is 4.56. The van der Waals surface area contributed by atoms with Crippen LogP contribution in [0.1, 0.15) is 66.7 Å². The van der Waals surface area contributed by atoms with E-state index in [1.165, 1.54) is 25.7 Å². The molecule has 0 saturated heterocycles. The Morgan fingerprint density at radius 2 is 1.88 bits per heavy atom. The van der Waals surface area contributed by atoms with Crippen molar-refractivity contribution >= 4 is 0 Å². The first-order valence-corrected chi connectivity index (χ1v) is 7.16. The van der Waals surface area contributed by atoms with Gasteiger partial charge in [0.1, 0.15) is 0 Å². The van der Waals surface area contributed by atoms with Gasteiger partial charge >= 0.3 is 0 Å². The molecule has 2 unspecified atom stereocenters. The second kappa shape index (κ2) is 6.04. The van der Waals surface area contributed by atoms with Crippen molar-refractivity contribution in [3.8, 4) is 0 Å². The summed E-state index contributed by atoms with van der Waals surface area (Å²) in [5.41, 5.74) is 3.73. The third-order valence-corrected chi connectivity index (χ3v) is 4.35. The molecule has 0 bridgehead atoms. The van der Waals surface area contributed by atoms with Gasteiger partial charge in [-0.3, -0.25) is 0 Å². The largest absolute Gasteiger partial charge is 0.396 e. The summed E-state index contributed by atoms with van der Waals surface area (Å²) in [4.78, 5) is 0. The molecule has 1 aliphatic rings. The predicted molar refractivity (Wildman–Crippen MR) is 75.0 cm³/mol. The van der Waals surface area contributed by atoms with Gasteiger partial charge in [0.15, 0.2) is 0 Å². The van der Waals surface area contributed by atoms with E-state index in [1.54, 1.807) is 11.1 Å². The first kappa shape index (κ1) is 14.8. The van der Waals surface area contributed by atoms with E-state index in [-0.39, 0.29) is 0 Å². The highest BCUT2D eigenvalue weighted by molar-refractivity contribution is 5.22. The average Bonchev–Trinajstić information content (AvgIpc) is 2.23. The topological polar surface area (TPSA) is 20.2 Å². The van der Waals surface area contributed by atoms with Gasteiger partial charge in [0, 0.05) is 6.61 Å². The second-order valence-corrected chi connectivity index (χ2v) is 6.83. The maximum atomic E-state index is 9.13. The summed E-state index contributed by atoms with van der Waals surface area (Å²) in [6.07, 6.45) is 6.35. The summed E-state index contributed by atoms with van der Waals surface area (Å²) in [6, 6.07) is 0. The van der Waals surface area contributed by atoms with Gasteiger partial charge in [0.25, 0.3) is 0 Å². The minimum absolute atomic E-state index is 0.325. The van der Waals surface area contributed by atoms with Crippen LogP contribution in [0.15, 0.2) is 11.1 Å². The molecule has 0 aromatic carbocycles. The van der Waals surface area contributed by atoms with E-state index in [2.05, 4.69) is 34.6 Å². The van der Waals surface area contributed by atoms with E-state index in [0.29, 0.717) is 23.9 Å². The zero-order valence-corrected chi connectivity index (χ0v) is 12.3. The third kappa shape index (κ3) is 4.13. The number of aliphatic hydroxyl groups excluding tert-OH is 1. The molecule has 0 saturated carbocycles. The van der Waals surface area contributed by atoms with E-state index in [4.69, 9.17) is 5.11 Å². The minimum atomic E-state index is 0.325. The van der Waals surface area contributed by atoms with Crippen LogP contribution in [0.5, 0.6) is 0 Å². The number of allylic oxidation sites excluding steroid dienone is 2. The lowest BCUT2D eigenvalue weighted by molar-refractivity contribution is 0.212. The molecule has 1 aliphatic carbocycles. The van der Waals surface area contributed by atoms with E-state index in [0.717, 1.165) is 6.42 Å². The number of rotatable bonds is 5. The fraction of sp³-hybridized carbons (Fsp3) is 0.875. The number of hydrogen-bond donors (Lipinski definition) is 1. The van der Waals surface area contributed by atoms with Gasteiger partial charge in [0.05, 0.1) is 0 Å². The number of aliphatic hydroxyl groups is 1. The van der Waals surface area contributed by atoms with Gasteiger partial charge in [-0.25, -0.2) is 0 Å². The monoisotopic (exact) mass is 238 g/mol. The Morgan fingerprint density at radius 3 is 2.41 bits per heavy atom. The summed E-state index contributed by atoms with van der Waals surface area (Å²) in [6.45, 7) is 11.9. The lowest BCUT2D eigenvalue weighted by atomic mass is 9.69. The van der Waals surface area contributed by atoms with Crippen LogP contribution < -0.4 is 0 Å². The molecule has 2 atom stereocenters. The summed E-state index contributed by atoms with van der Waals surface area (Å²) >= 11 is 0. The highest BCUT2D eigenvalue weighted by atomic mass is 16.3. The van der Waals surface area contributed by atoms with E-state index in [9.17, 15) is 0 Å².